The molecule has 1 aromatic carbocycles. The quantitative estimate of drug-likeness (QED) is 0.860. The van der Waals surface area contributed by atoms with Crippen molar-refractivity contribution in [3.8, 4) is 0 Å². The van der Waals surface area contributed by atoms with E-state index in [1.54, 1.807) is 0 Å². The molecule has 0 spiro atoms. The maximum Gasteiger partial charge on any atom is 0.326 e. The first-order valence-corrected chi connectivity index (χ1v) is 6.61. The van der Waals surface area contributed by atoms with Gasteiger partial charge in [0, 0.05) is 11.7 Å². The lowest BCUT2D eigenvalue weighted by Gasteiger charge is -2.15. The summed E-state index contributed by atoms with van der Waals surface area (Å²) in [7, 11) is 0. The Bertz CT molecular complexity index is 406. The highest BCUT2D eigenvalue weighted by atomic mass is 32.2. The van der Waals surface area contributed by atoms with Crippen LogP contribution in [0.2, 0.25) is 0 Å². The van der Waals surface area contributed by atoms with Crippen LogP contribution in [0.1, 0.15) is 19.4 Å². The Morgan fingerprint density at radius 3 is 2.39 bits per heavy atom. The van der Waals surface area contributed by atoms with E-state index in [0.717, 1.165) is 17.3 Å². The molecule has 0 fully saturated rings. The second-order valence-corrected chi connectivity index (χ2v) is 5.73. The van der Waals surface area contributed by atoms with Gasteiger partial charge in [-0.15, -0.1) is 0 Å². The number of nitrogens with one attached hydrogen (secondary N) is 1. The van der Waals surface area contributed by atoms with Gasteiger partial charge in [-0.05, 0) is 5.56 Å². The molecular formula is C13H17NO3S. The van der Waals surface area contributed by atoms with Crippen LogP contribution in [-0.2, 0) is 11.2 Å². The Hall–Kier alpha value is -1.49. The predicted molar refractivity (Wildman–Crippen MR) is 72.8 cm³/mol. The second-order valence-electron chi connectivity index (χ2n) is 4.18. The molecule has 18 heavy (non-hydrogen) atoms. The molecule has 1 amide bonds. The van der Waals surface area contributed by atoms with Crippen LogP contribution >= 0.6 is 11.8 Å². The molecule has 1 unspecified atom stereocenters. The van der Waals surface area contributed by atoms with E-state index in [0.29, 0.717) is 6.42 Å². The minimum absolute atomic E-state index is 0.135. The average Bonchev–Trinajstić information content (AvgIpc) is 2.28. The molecule has 5 heteroatoms. The minimum Gasteiger partial charge on any atom is -0.480 e. The molecule has 0 radical (unpaired) electrons. The van der Waals surface area contributed by atoms with Crippen LogP contribution in [0.3, 0.4) is 0 Å². The number of aliphatic carboxylic acids is 1. The number of thioether (sulfide) groups is 1. The van der Waals surface area contributed by atoms with Crippen molar-refractivity contribution in [1.29, 1.82) is 0 Å². The zero-order valence-electron chi connectivity index (χ0n) is 10.4. The van der Waals surface area contributed by atoms with E-state index in [9.17, 15) is 9.59 Å². The van der Waals surface area contributed by atoms with E-state index in [2.05, 4.69) is 5.32 Å². The van der Waals surface area contributed by atoms with E-state index in [1.165, 1.54) is 0 Å². The third-order valence-electron chi connectivity index (χ3n) is 2.22. The topological polar surface area (TPSA) is 66.4 Å². The molecule has 0 heterocycles. The van der Waals surface area contributed by atoms with E-state index in [-0.39, 0.29) is 10.5 Å². The molecule has 0 bridgehead atoms. The largest absolute Gasteiger partial charge is 0.480 e. The van der Waals surface area contributed by atoms with Gasteiger partial charge in [0.15, 0.2) is 0 Å². The normalized spacial score (nSPS) is 12.2. The highest BCUT2D eigenvalue weighted by molar-refractivity contribution is 8.14. The molecule has 0 aromatic heterocycles. The third kappa shape index (κ3) is 5.23. The fraction of sp³-hybridized carbons (Fsp3) is 0.385. The van der Waals surface area contributed by atoms with Crippen molar-refractivity contribution in [3.05, 3.63) is 35.9 Å². The average molecular weight is 267 g/mol. The first-order valence-electron chi connectivity index (χ1n) is 5.73. The summed E-state index contributed by atoms with van der Waals surface area (Å²) >= 11 is 1.10. The smallest absolute Gasteiger partial charge is 0.326 e. The molecular weight excluding hydrogens is 250 g/mol. The molecule has 1 atom stereocenters. The van der Waals surface area contributed by atoms with Crippen LogP contribution in [0.5, 0.6) is 0 Å². The maximum atomic E-state index is 11.5. The first-order chi connectivity index (χ1) is 8.49. The summed E-state index contributed by atoms with van der Waals surface area (Å²) in [5.74, 6) is -1.02. The van der Waals surface area contributed by atoms with Crippen LogP contribution in [0, 0.1) is 0 Å². The van der Waals surface area contributed by atoms with Crippen molar-refractivity contribution in [2.75, 3.05) is 0 Å². The van der Waals surface area contributed by atoms with Crippen molar-refractivity contribution in [1.82, 2.24) is 5.32 Å². The zero-order chi connectivity index (χ0) is 13.5. The summed E-state index contributed by atoms with van der Waals surface area (Å²) in [6.45, 7) is 3.77. The van der Waals surface area contributed by atoms with Crippen LogP contribution in [-0.4, -0.2) is 27.6 Å². The summed E-state index contributed by atoms with van der Waals surface area (Å²) in [6, 6.07) is 8.37. The van der Waals surface area contributed by atoms with Gasteiger partial charge in [0.05, 0.1) is 0 Å². The van der Waals surface area contributed by atoms with Crippen LogP contribution in [0.4, 0.5) is 4.79 Å². The summed E-state index contributed by atoms with van der Waals surface area (Å²) in [6.07, 6.45) is 0.292. The third-order valence-corrected chi connectivity index (χ3v) is 3.02. The number of hydrogen-bond donors (Lipinski definition) is 2. The molecule has 0 saturated heterocycles. The minimum atomic E-state index is -1.02. The van der Waals surface area contributed by atoms with Crippen molar-refractivity contribution < 1.29 is 14.7 Å². The number of hydrogen-bond acceptors (Lipinski definition) is 3. The van der Waals surface area contributed by atoms with Crippen molar-refractivity contribution in [2.45, 2.75) is 31.6 Å². The number of carbonyl (C=O) groups is 2. The second kappa shape index (κ2) is 7.06. The maximum absolute atomic E-state index is 11.5. The van der Waals surface area contributed by atoms with E-state index >= 15 is 0 Å². The lowest BCUT2D eigenvalue weighted by molar-refractivity contribution is -0.139. The lowest BCUT2D eigenvalue weighted by atomic mass is 10.1. The van der Waals surface area contributed by atoms with Gasteiger partial charge in [0.25, 0.3) is 5.24 Å². The number of carboxylic acid groups (broad SMARTS) is 1. The van der Waals surface area contributed by atoms with Gasteiger partial charge >= 0.3 is 5.97 Å². The molecule has 1 aromatic rings. The summed E-state index contributed by atoms with van der Waals surface area (Å²) in [5.41, 5.74) is 0.889. The number of benzene rings is 1. The number of carboxylic acids is 1. The lowest BCUT2D eigenvalue weighted by Crippen LogP contribution is -2.40. The summed E-state index contributed by atoms with van der Waals surface area (Å²) < 4.78 is 0. The SMILES string of the molecule is CC(C)SC(=O)NC(Cc1ccccc1)C(=O)O. The number of rotatable bonds is 5. The van der Waals surface area contributed by atoms with Crippen molar-refractivity contribution in [2.24, 2.45) is 0 Å². The molecule has 0 aliphatic carbocycles. The number of carbonyl (C=O) groups excluding carboxylic acids is 1. The zero-order valence-corrected chi connectivity index (χ0v) is 11.2. The highest BCUT2D eigenvalue weighted by Gasteiger charge is 2.20. The van der Waals surface area contributed by atoms with Crippen LogP contribution in [0.15, 0.2) is 30.3 Å². The van der Waals surface area contributed by atoms with Gasteiger partial charge in [0.1, 0.15) is 6.04 Å². The number of amides is 1. The van der Waals surface area contributed by atoms with Crippen LogP contribution in [0.25, 0.3) is 0 Å². The van der Waals surface area contributed by atoms with Gasteiger partial charge in [-0.1, -0.05) is 55.9 Å². The summed E-state index contributed by atoms with van der Waals surface area (Å²) in [4.78, 5) is 22.6. The van der Waals surface area contributed by atoms with Gasteiger partial charge < -0.3 is 10.4 Å². The predicted octanol–water partition coefficient (Wildman–Crippen LogP) is 2.53. The van der Waals surface area contributed by atoms with Gasteiger partial charge in [-0.2, -0.15) is 0 Å². The molecule has 1 rings (SSSR count). The molecule has 0 saturated carbocycles. The Morgan fingerprint density at radius 1 is 1.28 bits per heavy atom. The van der Waals surface area contributed by atoms with Gasteiger partial charge in [0.2, 0.25) is 0 Å². The molecule has 98 valence electrons. The Kier molecular flexibility index (Phi) is 5.71. The van der Waals surface area contributed by atoms with Crippen molar-refractivity contribution >= 4 is 23.0 Å². The fourth-order valence-corrected chi connectivity index (χ4v) is 2.08. The molecule has 0 aliphatic rings. The molecule has 4 nitrogen and oxygen atoms in total. The van der Waals surface area contributed by atoms with Crippen molar-refractivity contribution in [3.63, 3.8) is 0 Å². The Morgan fingerprint density at radius 2 is 1.89 bits per heavy atom. The molecule has 2 N–H and O–H groups in total. The first kappa shape index (κ1) is 14.6. The standard InChI is InChI=1S/C13H17NO3S/c1-9(2)18-13(17)14-11(12(15)16)8-10-6-4-3-5-7-10/h3-7,9,11H,8H2,1-2H3,(H,14,17)(H,15,16). The van der Waals surface area contributed by atoms with Crippen LogP contribution < -0.4 is 5.32 Å². The van der Waals surface area contributed by atoms with E-state index in [4.69, 9.17) is 5.11 Å². The van der Waals surface area contributed by atoms with E-state index < -0.39 is 12.0 Å². The van der Waals surface area contributed by atoms with Gasteiger partial charge in [-0.25, -0.2) is 4.79 Å². The Balaban J connectivity index is 2.61. The van der Waals surface area contributed by atoms with Gasteiger partial charge in [-0.3, -0.25) is 4.79 Å². The fourth-order valence-electron chi connectivity index (χ4n) is 1.44. The van der Waals surface area contributed by atoms with E-state index in [1.807, 2.05) is 44.2 Å². The highest BCUT2D eigenvalue weighted by Crippen LogP contribution is 2.11. The Labute approximate surface area is 111 Å². The monoisotopic (exact) mass is 267 g/mol. The molecule has 0 aliphatic heterocycles. The summed E-state index contributed by atoms with van der Waals surface area (Å²) in [5, 5.41) is 11.5.